The zero-order valence-corrected chi connectivity index (χ0v) is 9.50. The van der Waals surface area contributed by atoms with Gasteiger partial charge in [-0.1, -0.05) is 6.92 Å². The maximum absolute atomic E-state index is 10.9. The van der Waals surface area contributed by atoms with E-state index in [1.54, 1.807) is 4.68 Å². The highest BCUT2D eigenvalue weighted by Gasteiger charge is 2.09. The standard InChI is InChI=1S/C8H16N4O2S/c1-2-3-10-4-5-12-7-8(6-11-12)15(9,13)14/h6-7,10H,2-5H2,1H3,(H2,9,13,14). The molecule has 0 spiro atoms. The van der Waals surface area contributed by atoms with Crippen molar-refractivity contribution in [3.8, 4) is 0 Å². The molecule has 7 heteroatoms. The average molecular weight is 232 g/mol. The number of sulfonamides is 1. The van der Waals surface area contributed by atoms with Crippen LogP contribution in [0.4, 0.5) is 0 Å². The Balaban J connectivity index is 2.47. The van der Waals surface area contributed by atoms with Gasteiger partial charge in [-0.2, -0.15) is 5.10 Å². The van der Waals surface area contributed by atoms with Gasteiger partial charge in [0.15, 0.2) is 0 Å². The van der Waals surface area contributed by atoms with E-state index in [4.69, 9.17) is 5.14 Å². The molecule has 1 aromatic rings. The highest BCUT2D eigenvalue weighted by molar-refractivity contribution is 7.89. The van der Waals surface area contributed by atoms with Crippen molar-refractivity contribution in [2.75, 3.05) is 13.1 Å². The van der Waals surface area contributed by atoms with E-state index in [1.807, 2.05) is 0 Å². The minimum atomic E-state index is -3.62. The second-order valence-corrected chi connectivity index (χ2v) is 4.80. The third kappa shape index (κ3) is 3.98. The number of nitrogens with zero attached hydrogens (tertiary/aromatic N) is 2. The molecule has 0 aliphatic heterocycles. The molecule has 0 aliphatic carbocycles. The van der Waals surface area contributed by atoms with Crippen molar-refractivity contribution in [3.05, 3.63) is 12.4 Å². The van der Waals surface area contributed by atoms with Crippen LogP contribution in [-0.2, 0) is 16.6 Å². The van der Waals surface area contributed by atoms with E-state index < -0.39 is 10.0 Å². The molecule has 0 aliphatic rings. The second kappa shape index (κ2) is 5.24. The van der Waals surface area contributed by atoms with Gasteiger partial charge in [0.25, 0.3) is 0 Å². The van der Waals surface area contributed by atoms with Gasteiger partial charge in [0.05, 0.1) is 12.7 Å². The molecule has 0 saturated carbocycles. The summed E-state index contributed by atoms with van der Waals surface area (Å²) in [6, 6.07) is 0. The minimum absolute atomic E-state index is 0.0537. The molecule has 3 N–H and O–H groups in total. The van der Waals surface area contributed by atoms with E-state index >= 15 is 0 Å². The Morgan fingerprint density at radius 2 is 2.27 bits per heavy atom. The lowest BCUT2D eigenvalue weighted by Gasteiger charge is -2.02. The fourth-order valence-corrected chi connectivity index (χ4v) is 1.57. The van der Waals surface area contributed by atoms with Crippen molar-refractivity contribution in [3.63, 3.8) is 0 Å². The van der Waals surface area contributed by atoms with Crippen LogP contribution in [0.1, 0.15) is 13.3 Å². The molecular formula is C8H16N4O2S. The molecule has 0 bridgehead atoms. The number of hydrogen-bond acceptors (Lipinski definition) is 4. The van der Waals surface area contributed by atoms with Crippen molar-refractivity contribution in [1.29, 1.82) is 0 Å². The summed E-state index contributed by atoms with van der Waals surface area (Å²) < 4.78 is 23.4. The number of hydrogen-bond donors (Lipinski definition) is 2. The average Bonchev–Trinajstić information content (AvgIpc) is 2.60. The summed E-state index contributed by atoms with van der Waals surface area (Å²) in [5, 5.41) is 12.0. The maximum Gasteiger partial charge on any atom is 0.241 e. The first kappa shape index (κ1) is 12.2. The lowest BCUT2D eigenvalue weighted by atomic mass is 10.5. The van der Waals surface area contributed by atoms with Crippen molar-refractivity contribution in [2.45, 2.75) is 24.8 Å². The molecule has 0 atom stereocenters. The number of rotatable bonds is 6. The van der Waals surface area contributed by atoms with Gasteiger partial charge in [0, 0.05) is 12.7 Å². The number of primary sulfonamides is 1. The largest absolute Gasteiger partial charge is 0.315 e. The number of nitrogens with one attached hydrogen (secondary N) is 1. The first-order valence-electron chi connectivity index (χ1n) is 4.80. The molecule has 86 valence electrons. The molecule has 6 nitrogen and oxygen atoms in total. The Bertz CT molecular complexity index is 399. The quantitative estimate of drug-likeness (QED) is 0.649. The number of aromatic nitrogens is 2. The first-order valence-corrected chi connectivity index (χ1v) is 6.34. The van der Waals surface area contributed by atoms with Crippen LogP contribution in [0, 0.1) is 0 Å². The molecular weight excluding hydrogens is 216 g/mol. The van der Waals surface area contributed by atoms with E-state index in [2.05, 4.69) is 17.3 Å². The molecule has 0 amide bonds. The summed E-state index contributed by atoms with van der Waals surface area (Å²) in [6.45, 7) is 4.43. The fourth-order valence-electron chi connectivity index (χ4n) is 1.11. The molecule has 0 saturated heterocycles. The predicted octanol–water partition coefficient (Wildman–Crippen LogP) is -0.470. The van der Waals surface area contributed by atoms with E-state index in [0.717, 1.165) is 19.5 Å². The van der Waals surface area contributed by atoms with Gasteiger partial charge < -0.3 is 5.32 Å². The van der Waals surface area contributed by atoms with Crippen LogP contribution in [-0.4, -0.2) is 31.3 Å². The highest BCUT2D eigenvalue weighted by atomic mass is 32.2. The Kier molecular flexibility index (Phi) is 4.25. The Hall–Kier alpha value is -0.920. The van der Waals surface area contributed by atoms with E-state index in [9.17, 15) is 8.42 Å². The monoisotopic (exact) mass is 232 g/mol. The van der Waals surface area contributed by atoms with Crippen molar-refractivity contribution in [1.82, 2.24) is 15.1 Å². The van der Waals surface area contributed by atoms with Crippen LogP contribution < -0.4 is 10.5 Å². The summed E-state index contributed by atoms with van der Waals surface area (Å²) in [5.74, 6) is 0. The lowest BCUT2D eigenvalue weighted by Crippen LogP contribution is -2.20. The second-order valence-electron chi connectivity index (χ2n) is 3.23. The Morgan fingerprint density at radius 3 is 2.80 bits per heavy atom. The van der Waals surface area contributed by atoms with Crippen LogP contribution >= 0.6 is 0 Å². The SMILES string of the molecule is CCCNCCn1cc(S(N)(=O)=O)cn1. The third-order valence-corrected chi connectivity index (χ3v) is 2.75. The zero-order chi connectivity index (χ0) is 11.3. The van der Waals surface area contributed by atoms with Crippen LogP contribution in [0.25, 0.3) is 0 Å². The summed E-state index contributed by atoms with van der Waals surface area (Å²) in [6.07, 6.45) is 3.76. The van der Waals surface area contributed by atoms with Gasteiger partial charge in [-0.05, 0) is 13.0 Å². The van der Waals surface area contributed by atoms with Gasteiger partial charge in [-0.25, -0.2) is 13.6 Å². The smallest absolute Gasteiger partial charge is 0.241 e. The highest BCUT2D eigenvalue weighted by Crippen LogP contribution is 2.03. The molecule has 0 fully saturated rings. The summed E-state index contributed by atoms with van der Waals surface area (Å²) >= 11 is 0. The fraction of sp³-hybridized carbons (Fsp3) is 0.625. The van der Waals surface area contributed by atoms with Gasteiger partial charge in [-0.15, -0.1) is 0 Å². The molecule has 1 heterocycles. The van der Waals surface area contributed by atoms with E-state index in [-0.39, 0.29) is 4.90 Å². The third-order valence-electron chi connectivity index (χ3n) is 1.88. The lowest BCUT2D eigenvalue weighted by molar-refractivity contribution is 0.552. The van der Waals surface area contributed by atoms with Gasteiger partial charge in [0.1, 0.15) is 4.90 Å². The molecule has 1 rings (SSSR count). The van der Waals surface area contributed by atoms with Crippen molar-refractivity contribution >= 4 is 10.0 Å². The predicted molar refractivity (Wildman–Crippen MR) is 56.8 cm³/mol. The topological polar surface area (TPSA) is 90.0 Å². The van der Waals surface area contributed by atoms with Crippen molar-refractivity contribution < 1.29 is 8.42 Å². The normalized spacial score (nSPS) is 11.9. The Labute approximate surface area is 89.5 Å². The molecule has 1 aromatic heterocycles. The van der Waals surface area contributed by atoms with E-state index in [1.165, 1.54) is 12.4 Å². The van der Waals surface area contributed by atoms with E-state index in [0.29, 0.717) is 6.54 Å². The van der Waals surface area contributed by atoms with Gasteiger partial charge >= 0.3 is 0 Å². The summed E-state index contributed by atoms with van der Waals surface area (Å²) in [4.78, 5) is 0.0537. The van der Waals surface area contributed by atoms with Gasteiger partial charge in [-0.3, -0.25) is 4.68 Å². The van der Waals surface area contributed by atoms with Crippen LogP contribution in [0.2, 0.25) is 0 Å². The minimum Gasteiger partial charge on any atom is -0.315 e. The molecule has 15 heavy (non-hydrogen) atoms. The Morgan fingerprint density at radius 1 is 1.53 bits per heavy atom. The van der Waals surface area contributed by atoms with Gasteiger partial charge in [0.2, 0.25) is 10.0 Å². The summed E-state index contributed by atoms with van der Waals surface area (Å²) in [7, 11) is -3.62. The molecule has 0 aromatic carbocycles. The maximum atomic E-state index is 10.9. The zero-order valence-electron chi connectivity index (χ0n) is 8.68. The molecule has 0 unspecified atom stereocenters. The molecule has 0 radical (unpaired) electrons. The van der Waals surface area contributed by atoms with Crippen LogP contribution in [0.3, 0.4) is 0 Å². The number of nitrogens with two attached hydrogens (primary N) is 1. The first-order chi connectivity index (χ1) is 7.04. The van der Waals surface area contributed by atoms with Crippen LogP contribution in [0.5, 0.6) is 0 Å². The summed E-state index contributed by atoms with van der Waals surface area (Å²) in [5.41, 5.74) is 0. The van der Waals surface area contributed by atoms with Crippen molar-refractivity contribution in [2.24, 2.45) is 5.14 Å². The van der Waals surface area contributed by atoms with Crippen LogP contribution in [0.15, 0.2) is 17.3 Å².